The lowest BCUT2D eigenvalue weighted by Gasteiger charge is -2.24. The van der Waals surface area contributed by atoms with Gasteiger partial charge in [-0.3, -0.25) is 0 Å². The number of aliphatic hydroxyl groups is 1. The van der Waals surface area contributed by atoms with Crippen LogP contribution in [0.1, 0.15) is 26.7 Å². The number of carbonyl (C=O) groups excluding carboxylic acids is 1. The van der Waals surface area contributed by atoms with E-state index in [2.05, 4.69) is 5.32 Å². The minimum atomic E-state index is -0.443. The molecule has 1 heterocycles. The van der Waals surface area contributed by atoms with Crippen molar-refractivity contribution in [3.63, 3.8) is 0 Å². The first-order chi connectivity index (χ1) is 10.0. The zero-order chi connectivity index (χ0) is 15.4. The van der Waals surface area contributed by atoms with Crippen LogP contribution in [0.2, 0.25) is 0 Å². The summed E-state index contributed by atoms with van der Waals surface area (Å²) >= 11 is 0. The highest BCUT2D eigenvalue weighted by Gasteiger charge is 2.28. The lowest BCUT2D eigenvalue weighted by Crippen LogP contribution is -2.40. The molecule has 0 aliphatic carbocycles. The fourth-order valence-electron chi connectivity index (χ4n) is 2.44. The Hall–Kier alpha value is -1.82. The second-order valence-corrected chi connectivity index (χ2v) is 5.41. The molecule has 1 fully saturated rings. The zero-order valence-corrected chi connectivity index (χ0v) is 12.3. The number of anilines is 1. The van der Waals surface area contributed by atoms with E-state index in [0.29, 0.717) is 18.0 Å². The lowest BCUT2D eigenvalue weighted by molar-refractivity contribution is 0.166. The van der Waals surface area contributed by atoms with Crippen molar-refractivity contribution in [1.82, 2.24) is 4.90 Å². The average molecular weight is 296 g/mol. The van der Waals surface area contributed by atoms with Crippen LogP contribution >= 0.6 is 0 Å². The SMILES string of the molecule is CC(C)Oc1ccc(F)cc1NC(=O)N1CCC[C@H]1CO. The summed E-state index contributed by atoms with van der Waals surface area (Å²) in [5, 5.41) is 11.9. The standard InChI is InChI=1S/C15H21FN2O3/c1-10(2)21-14-6-5-11(16)8-13(14)17-15(20)18-7-3-4-12(18)9-19/h5-6,8,10,12,19H,3-4,7,9H2,1-2H3,(H,17,20)/t12-/m0/s1. The van der Waals surface area contributed by atoms with Crippen molar-refractivity contribution >= 4 is 11.7 Å². The van der Waals surface area contributed by atoms with Gasteiger partial charge in [0, 0.05) is 12.6 Å². The lowest BCUT2D eigenvalue weighted by atomic mass is 10.2. The van der Waals surface area contributed by atoms with Crippen LogP contribution in [0.3, 0.4) is 0 Å². The van der Waals surface area contributed by atoms with Gasteiger partial charge in [0.25, 0.3) is 0 Å². The number of urea groups is 1. The normalized spacial score (nSPS) is 18.1. The monoisotopic (exact) mass is 296 g/mol. The molecule has 0 aromatic heterocycles. The van der Waals surface area contributed by atoms with Crippen LogP contribution in [0.4, 0.5) is 14.9 Å². The van der Waals surface area contributed by atoms with E-state index in [1.54, 1.807) is 4.90 Å². The van der Waals surface area contributed by atoms with Crippen LogP contribution in [0.25, 0.3) is 0 Å². The van der Waals surface area contributed by atoms with Crippen LogP contribution in [0.15, 0.2) is 18.2 Å². The van der Waals surface area contributed by atoms with Crippen molar-refractivity contribution < 1.29 is 19.0 Å². The van der Waals surface area contributed by atoms with E-state index in [0.717, 1.165) is 12.8 Å². The van der Waals surface area contributed by atoms with Crippen molar-refractivity contribution in [2.45, 2.75) is 38.8 Å². The predicted molar refractivity (Wildman–Crippen MR) is 78.0 cm³/mol. The Bertz CT molecular complexity index is 508. The Kier molecular flexibility index (Phi) is 5.01. The van der Waals surface area contributed by atoms with Crippen LogP contribution < -0.4 is 10.1 Å². The van der Waals surface area contributed by atoms with E-state index in [1.165, 1.54) is 18.2 Å². The predicted octanol–water partition coefficient (Wildman–Crippen LogP) is 2.60. The maximum Gasteiger partial charge on any atom is 0.322 e. The molecule has 0 saturated carbocycles. The molecule has 0 unspecified atom stereocenters. The molecule has 0 bridgehead atoms. The summed E-state index contributed by atoms with van der Waals surface area (Å²) < 4.78 is 19.0. The number of ether oxygens (including phenoxy) is 1. The van der Waals surface area contributed by atoms with Gasteiger partial charge in [-0.2, -0.15) is 0 Å². The number of amides is 2. The first-order valence-electron chi connectivity index (χ1n) is 7.16. The van der Waals surface area contributed by atoms with E-state index in [-0.39, 0.29) is 24.8 Å². The Morgan fingerprint density at radius 2 is 2.33 bits per heavy atom. The van der Waals surface area contributed by atoms with E-state index in [1.807, 2.05) is 13.8 Å². The molecule has 1 aliphatic rings. The highest BCUT2D eigenvalue weighted by Crippen LogP contribution is 2.27. The number of hydrogen-bond acceptors (Lipinski definition) is 3. The van der Waals surface area contributed by atoms with Gasteiger partial charge in [-0.25, -0.2) is 9.18 Å². The number of carbonyl (C=O) groups is 1. The molecule has 6 heteroatoms. The Labute approximate surface area is 123 Å². The molecule has 116 valence electrons. The minimum absolute atomic E-state index is 0.0636. The first kappa shape index (κ1) is 15.6. The van der Waals surface area contributed by atoms with Gasteiger partial charge in [0.2, 0.25) is 0 Å². The fourth-order valence-corrected chi connectivity index (χ4v) is 2.44. The second-order valence-electron chi connectivity index (χ2n) is 5.41. The van der Waals surface area contributed by atoms with Gasteiger partial charge >= 0.3 is 6.03 Å². The van der Waals surface area contributed by atoms with Crippen molar-refractivity contribution in [1.29, 1.82) is 0 Å². The molecular formula is C15H21FN2O3. The summed E-state index contributed by atoms with van der Waals surface area (Å²) in [7, 11) is 0. The molecule has 5 nitrogen and oxygen atoms in total. The van der Waals surface area contributed by atoms with Gasteiger partial charge in [-0.1, -0.05) is 0 Å². The van der Waals surface area contributed by atoms with Gasteiger partial charge in [0.1, 0.15) is 11.6 Å². The molecule has 1 saturated heterocycles. The molecule has 2 rings (SSSR count). The molecule has 1 aromatic carbocycles. The third-order valence-electron chi connectivity index (χ3n) is 3.39. The highest BCUT2D eigenvalue weighted by molar-refractivity contribution is 5.91. The van der Waals surface area contributed by atoms with Crippen LogP contribution in [-0.2, 0) is 0 Å². The van der Waals surface area contributed by atoms with E-state index in [9.17, 15) is 14.3 Å². The van der Waals surface area contributed by atoms with Crippen molar-refractivity contribution in [2.24, 2.45) is 0 Å². The maximum atomic E-state index is 13.4. The second kappa shape index (κ2) is 6.76. The molecule has 0 spiro atoms. The van der Waals surface area contributed by atoms with Gasteiger partial charge in [-0.15, -0.1) is 0 Å². The number of hydrogen-bond donors (Lipinski definition) is 2. The molecule has 0 radical (unpaired) electrons. The molecular weight excluding hydrogens is 275 g/mol. The number of aliphatic hydroxyl groups excluding tert-OH is 1. The molecule has 21 heavy (non-hydrogen) atoms. The van der Waals surface area contributed by atoms with Gasteiger partial charge in [-0.05, 0) is 38.8 Å². The summed E-state index contributed by atoms with van der Waals surface area (Å²) in [6.07, 6.45) is 1.56. The van der Waals surface area contributed by atoms with Crippen molar-refractivity contribution in [2.75, 3.05) is 18.5 Å². The number of likely N-dealkylation sites (tertiary alicyclic amines) is 1. The van der Waals surface area contributed by atoms with E-state index in [4.69, 9.17) is 4.74 Å². The highest BCUT2D eigenvalue weighted by atomic mass is 19.1. The third kappa shape index (κ3) is 3.85. The number of nitrogens with zero attached hydrogens (tertiary/aromatic N) is 1. The Morgan fingerprint density at radius 3 is 3.00 bits per heavy atom. The summed E-state index contributed by atoms with van der Waals surface area (Å²) in [5.41, 5.74) is 0.303. The topological polar surface area (TPSA) is 61.8 Å². The van der Waals surface area contributed by atoms with Crippen LogP contribution in [0.5, 0.6) is 5.75 Å². The number of nitrogens with one attached hydrogen (secondary N) is 1. The number of rotatable bonds is 4. The summed E-state index contributed by atoms with van der Waals surface area (Å²) in [4.78, 5) is 13.8. The maximum absolute atomic E-state index is 13.4. The van der Waals surface area contributed by atoms with Crippen LogP contribution in [0, 0.1) is 5.82 Å². The molecule has 2 N–H and O–H groups in total. The minimum Gasteiger partial charge on any atom is -0.489 e. The molecule has 1 aliphatic heterocycles. The smallest absolute Gasteiger partial charge is 0.322 e. The van der Waals surface area contributed by atoms with Gasteiger partial charge in [0.15, 0.2) is 0 Å². The van der Waals surface area contributed by atoms with Gasteiger partial charge < -0.3 is 20.1 Å². The number of benzene rings is 1. The van der Waals surface area contributed by atoms with Crippen molar-refractivity contribution in [3.05, 3.63) is 24.0 Å². The van der Waals surface area contributed by atoms with E-state index < -0.39 is 5.82 Å². The largest absolute Gasteiger partial charge is 0.489 e. The summed E-state index contributed by atoms with van der Waals surface area (Å²) in [6.45, 7) is 4.24. The molecule has 1 atom stereocenters. The molecule has 1 aromatic rings. The summed E-state index contributed by atoms with van der Waals surface area (Å²) in [6, 6.07) is 3.51. The Balaban J connectivity index is 2.14. The number of halogens is 1. The third-order valence-corrected chi connectivity index (χ3v) is 3.39. The Morgan fingerprint density at radius 1 is 1.57 bits per heavy atom. The van der Waals surface area contributed by atoms with Gasteiger partial charge in [0.05, 0.1) is 24.4 Å². The first-order valence-corrected chi connectivity index (χ1v) is 7.16. The fraction of sp³-hybridized carbons (Fsp3) is 0.533. The zero-order valence-electron chi connectivity index (χ0n) is 12.3. The van der Waals surface area contributed by atoms with Crippen molar-refractivity contribution in [3.8, 4) is 5.75 Å². The molecule has 2 amide bonds. The van der Waals surface area contributed by atoms with E-state index >= 15 is 0 Å². The summed E-state index contributed by atoms with van der Waals surface area (Å²) in [5.74, 6) is -0.0129. The van der Waals surface area contributed by atoms with Crippen LogP contribution in [-0.4, -0.2) is 41.3 Å². The average Bonchev–Trinajstić information content (AvgIpc) is 2.90. The quantitative estimate of drug-likeness (QED) is 0.897.